The van der Waals surface area contributed by atoms with Crippen LogP contribution in [0.1, 0.15) is 10.4 Å². The third-order valence-electron chi connectivity index (χ3n) is 1.81. The number of hydrogen-bond donors (Lipinski definition) is 0. The van der Waals surface area contributed by atoms with E-state index in [4.69, 9.17) is 0 Å². The van der Waals surface area contributed by atoms with Gasteiger partial charge in [-0.2, -0.15) is 0 Å². The van der Waals surface area contributed by atoms with Gasteiger partial charge in [-0.1, -0.05) is 17.8 Å². The van der Waals surface area contributed by atoms with Crippen LogP contribution in [0.3, 0.4) is 0 Å². The second kappa shape index (κ2) is 5.73. The van der Waals surface area contributed by atoms with Crippen molar-refractivity contribution >= 4 is 40.4 Å². The van der Waals surface area contributed by atoms with Gasteiger partial charge in [-0.05, 0) is 30.9 Å². The lowest BCUT2D eigenvalue weighted by atomic mass is 10.2. The van der Waals surface area contributed by atoms with Crippen LogP contribution >= 0.6 is 35.3 Å². The summed E-state index contributed by atoms with van der Waals surface area (Å²) in [5.74, 6) is 0. The highest BCUT2D eigenvalue weighted by Gasteiger charge is 2.12. The first-order valence-corrected chi connectivity index (χ1v) is 7.71. The number of hydrogen-bond acceptors (Lipinski definition) is 4. The van der Waals surface area contributed by atoms with E-state index in [1.807, 2.05) is 37.0 Å². The molecule has 1 rings (SSSR count). The normalized spacial score (nSPS) is 10.2. The quantitative estimate of drug-likeness (QED) is 0.755. The van der Waals surface area contributed by atoms with Gasteiger partial charge in [0.25, 0.3) is 0 Å². The van der Waals surface area contributed by atoms with Gasteiger partial charge in [-0.15, -0.1) is 23.5 Å². The van der Waals surface area contributed by atoms with Crippen LogP contribution in [0.15, 0.2) is 28.0 Å². The van der Waals surface area contributed by atoms with E-state index in [-0.39, 0.29) is 5.12 Å². The molecular weight excluding hydrogens is 232 g/mol. The Labute approximate surface area is 97.4 Å². The largest absolute Gasteiger partial charge is 0.282 e. The van der Waals surface area contributed by atoms with Crippen molar-refractivity contribution in [1.29, 1.82) is 0 Å². The van der Waals surface area contributed by atoms with Gasteiger partial charge in [0.1, 0.15) is 0 Å². The molecule has 0 saturated carbocycles. The van der Waals surface area contributed by atoms with Crippen LogP contribution in [-0.2, 0) is 0 Å². The van der Waals surface area contributed by atoms with E-state index < -0.39 is 0 Å². The Balaban J connectivity index is 3.21. The molecule has 0 unspecified atom stereocenters. The topological polar surface area (TPSA) is 17.1 Å². The fourth-order valence-corrected chi connectivity index (χ4v) is 3.27. The highest BCUT2D eigenvalue weighted by molar-refractivity contribution is 8.13. The van der Waals surface area contributed by atoms with Gasteiger partial charge in [0.05, 0.1) is 0 Å². The van der Waals surface area contributed by atoms with Crippen molar-refractivity contribution in [2.45, 2.75) is 9.79 Å². The highest BCUT2D eigenvalue weighted by atomic mass is 32.2. The zero-order chi connectivity index (χ0) is 10.6. The molecule has 0 aliphatic heterocycles. The van der Waals surface area contributed by atoms with Gasteiger partial charge in [-0.25, -0.2) is 0 Å². The van der Waals surface area contributed by atoms with Crippen LogP contribution in [0.5, 0.6) is 0 Å². The molecule has 0 saturated heterocycles. The van der Waals surface area contributed by atoms with Crippen LogP contribution in [0.4, 0.5) is 0 Å². The summed E-state index contributed by atoms with van der Waals surface area (Å²) in [6, 6.07) is 5.88. The molecule has 1 aromatic rings. The Kier molecular flexibility index (Phi) is 4.92. The Bertz CT molecular complexity index is 336. The second-order valence-corrected chi connectivity index (χ2v) is 4.98. The monoisotopic (exact) mass is 244 g/mol. The zero-order valence-electron chi connectivity index (χ0n) is 8.37. The molecule has 0 fully saturated rings. The smallest absolute Gasteiger partial charge is 0.220 e. The van der Waals surface area contributed by atoms with E-state index in [0.717, 1.165) is 10.5 Å². The van der Waals surface area contributed by atoms with E-state index >= 15 is 0 Å². The summed E-state index contributed by atoms with van der Waals surface area (Å²) in [5.41, 5.74) is 0.830. The third kappa shape index (κ3) is 2.49. The summed E-state index contributed by atoms with van der Waals surface area (Å²) in [6.07, 6.45) is 5.85. The van der Waals surface area contributed by atoms with Crippen molar-refractivity contribution < 1.29 is 4.79 Å². The van der Waals surface area contributed by atoms with Crippen molar-refractivity contribution in [2.75, 3.05) is 18.8 Å². The second-order valence-electron chi connectivity index (χ2n) is 2.53. The maximum Gasteiger partial charge on any atom is 0.220 e. The van der Waals surface area contributed by atoms with E-state index in [2.05, 4.69) is 0 Å². The van der Waals surface area contributed by atoms with Crippen LogP contribution in [0, 0.1) is 0 Å². The van der Waals surface area contributed by atoms with Gasteiger partial charge >= 0.3 is 0 Å². The molecule has 0 spiro atoms. The minimum absolute atomic E-state index is 0.144. The number of carbonyl (C=O) groups excluding carboxylic acids is 1. The molecule has 1 aromatic carbocycles. The Morgan fingerprint density at radius 1 is 1.14 bits per heavy atom. The van der Waals surface area contributed by atoms with Gasteiger partial charge in [0.15, 0.2) is 0 Å². The molecule has 76 valence electrons. The van der Waals surface area contributed by atoms with E-state index in [0.29, 0.717) is 0 Å². The fraction of sp³-hybridized carbons (Fsp3) is 0.300. The fourth-order valence-electron chi connectivity index (χ4n) is 1.16. The molecule has 0 N–H and O–H groups in total. The first-order valence-electron chi connectivity index (χ1n) is 4.04. The molecule has 0 radical (unpaired) electrons. The molecule has 1 nitrogen and oxygen atoms in total. The Hall–Kier alpha value is -0.0600. The molecular formula is C10H12OS3. The average molecular weight is 244 g/mol. The van der Waals surface area contributed by atoms with Gasteiger partial charge in [0, 0.05) is 15.4 Å². The lowest BCUT2D eigenvalue weighted by Gasteiger charge is -2.08. The van der Waals surface area contributed by atoms with Crippen molar-refractivity contribution in [2.24, 2.45) is 0 Å². The predicted molar refractivity (Wildman–Crippen MR) is 67.8 cm³/mol. The van der Waals surface area contributed by atoms with Crippen molar-refractivity contribution in [1.82, 2.24) is 0 Å². The zero-order valence-corrected chi connectivity index (χ0v) is 10.8. The van der Waals surface area contributed by atoms with Crippen molar-refractivity contribution in [3.05, 3.63) is 23.8 Å². The first-order chi connectivity index (χ1) is 6.74. The van der Waals surface area contributed by atoms with Crippen LogP contribution in [-0.4, -0.2) is 23.9 Å². The summed E-state index contributed by atoms with van der Waals surface area (Å²) < 4.78 is 0. The molecule has 0 aromatic heterocycles. The summed E-state index contributed by atoms with van der Waals surface area (Å²) >= 11 is 4.58. The van der Waals surface area contributed by atoms with E-state index in [9.17, 15) is 4.79 Å². The van der Waals surface area contributed by atoms with Crippen molar-refractivity contribution in [3.8, 4) is 0 Å². The molecule has 0 aliphatic rings. The maximum absolute atomic E-state index is 11.6. The van der Waals surface area contributed by atoms with E-state index in [1.54, 1.807) is 23.5 Å². The lowest BCUT2D eigenvalue weighted by molar-refractivity contribution is 0.108. The molecule has 0 bridgehead atoms. The van der Waals surface area contributed by atoms with Crippen LogP contribution in [0.25, 0.3) is 0 Å². The first kappa shape index (κ1) is 12.0. The van der Waals surface area contributed by atoms with Gasteiger partial charge < -0.3 is 0 Å². The van der Waals surface area contributed by atoms with Crippen molar-refractivity contribution in [3.63, 3.8) is 0 Å². The summed E-state index contributed by atoms with van der Waals surface area (Å²) in [6.45, 7) is 0. The highest BCUT2D eigenvalue weighted by Crippen LogP contribution is 2.32. The number of rotatable bonds is 3. The van der Waals surface area contributed by atoms with Crippen LogP contribution < -0.4 is 0 Å². The minimum Gasteiger partial charge on any atom is -0.282 e. The molecule has 14 heavy (non-hydrogen) atoms. The Morgan fingerprint density at radius 3 is 2.36 bits per heavy atom. The lowest BCUT2D eigenvalue weighted by Crippen LogP contribution is -1.96. The Morgan fingerprint density at radius 2 is 1.86 bits per heavy atom. The number of carbonyl (C=O) groups is 1. The maximum atomic E-state index is 11.6. The van der Waals surface area contributed by atoms with E-state index in [1.165, 1.54) is 16.7 Å². The average Bonchev–Trinajstić information content (AvgIpc) is 2.26. The van der Waals surface area contributed by atoms with Crippen LogP contribution in [0.2, 0.25) is 0 Å². The molecule has 0 amide bonds. The summed E-state index contributed by atoms with van der Waals surface area (Å²) in [5, 5.41) is 0.144. The van der Waals surface area contributed by atoms with Gasteiger partial charge in [-0.3, -0.25) is 4.79 Å². The minimum atomic E-state index is 0.144. The SMILES string of the molecule is CSC(=O)c1cccc(SC)c1SC. The molecule has 4 heteroatoms. The third-order valence-corrected chi connectivity index (χ3v) is 4.16. The summed E-state index contributed by atoms with van der Waals surface area (Å²) in [7, 11) is 0. The predicted octanol–water partition coefficient (Wildman–Crippen LogP) is 3.63. The number of benzene rings is 1. The van der Waals surface area contributed by atoms with Gasteiger partial charge in [0.2, 0.25) is 5.12 Å². The molecule has 0 atom stereocenters. The summed E-state index contributed by atoms with van der Waals surface area (Å²) in [4.78, 5) is 13.9. The standard InChI is InChI=1S/C10H12OS3/c1-12-8-6-4-5-7(9(8)13-2)10(11)14-3/h4-6H,1-3H3. The molecule has 0 aliphatic carbocycles. The molecule has 0 heterocycles. The number of thioether (sulfide) groups is 3.